The van der Waals surface area contributed by atoms with Crippen LogP contribution in [0.4, 0.5) is 101 Å². The predicted octanol–water partition coefficient (Wildman–Crippen LogP) is 25.7. The third-order valence-electron chi connectivity index (χ3n) is 17.7. The zero-order valence-corrected chi connectivity index (χ0v) is 72.7. The molecule has 15 N–H and O–H groups in total. The molecular weight excluding hydrogens is 1920 g/mol. The molecule has 10 aromatic carbocycles. The Hall–Kier alpha value is -16.2. The van der Waals surface area contributed by atoms with Gasteiger partial charge in [0.1, 0.15) is 62.9 Å². The molecule has 20 nitrogen and oxygen atoms in total. The highest BCUT2D eigenvalue weighted by Gasteiger charge is 2.87. The van der Waals surface area contributed by atoms with Gasteiger partial charge in [-0.3, -0.25) is 4.79 Å². The number of methoxy groups -OCH3 is 2. The summed E-state index contributed by atoms with van der Waals surface area (Å²) in [5.74, 6) is -51.5. The van der Waals surface area contributed by atoms with Crippen LogP contribution in [-0.4, -0.2) is 169 Å². The average molecular weight is 2010 g/mol. The summed E-state index contributed by atoms with van der Waals surface area (Å²) in [6, 6.07) is 40.3. The van der Waals surface area contributed by atoms with Crippen molar-refractivity contribution in [3.63, 3.8) is 0 Å². The lowest BCUT2D eigenvalue weighted by Gasteiger charge is -2.37. The molecule has 0 radical (unpaired) electrons. The lowest BCUT2D eigenvalue weighted by atomic mass is 9.90. The number of hydrogen-bond acceptors (Lipinski definition) is 20. The monoisotopic (exact) mass is 2010 g/mol. The molecule has 10 rings (SSSR count). The summed E-state index contributed by atoms with van der Waals surface area (Å²) < 4.78 is 302. The number of aliphatic hydroxyl groups excluding tert-OH is 1. The fourth-order valence-corrected chi connectivity index (χ4v) is 9.69. The number of phenolic OH excluding ortho intramolecular Hbond substituents is 13. The van der Waals surface area contributed by atoms with Crippen molar-refractivity contribution in [2.24, 2.45) is 0 Å². The molecule has 0 aliphatic heterocycles. The maximum Gasteiger partial charge on any atom is 0.460 e. The van der Waals surface area contributed by atoms with E-state index in [0.29, 0.717) is 58.7 Å². The zero-order valence-electron chi connectivity index (χ0n) is 72.7. The van der Waals surface area contributed by atoms with Crippen molar-refractivity contribution in [3.05, 3.63) is 338 Å². The van der Waals surface area contributed by atoms with Crippen LogP contribution in [0.15, 0.2) is 260 Å². The number of phenols is 14. The number of carbonyl (C=O) groups excluding carboxylic acids is 3. The van der Waals surface area contributed by atoms with Crippen LogP contribution in [0.25, 0.3) is 59.3 Å². The quantitative estimate of drug-likeness (QED) is 0.0137. The standard InChI is InChI=1S/C13H7F11O.C12H7F9O.2C10H10O3.C10H10O2.C9H7F3O.C9H10O2.C8H8O3.2C8H8O2/c1-6(7-2-4-8(25)5-3-7)9(14,15)10(16,17)11(18,19)12(20,21)13(22,23)24;1-6(7-2-4-8(22)5-3-7)9(13,14)10(15,16)11(17,18)12(19,20)21;1-3-7-4-5-9(11)8(6-7)10(12)13-2;1-3-7-4-5-8(9(11)6-7)10(12)13-2;1-3-8-4-5-10(12)9(6-8)7(2)11;1-6(9(10,11)12)7-2-4-8(13)5-3-7;1-2-7-3-4-9(11)8(5-7)6-10;1-2-5-3-6(9)8(11)7(10)4-5;1-2-6-3-4-7(9)5-8(6)10;1-2-6-3-4-7(9)8(10)5-6/h2-5,25H,1H2;2-5,22H,1H2;2*3-6,11H,1H2,2H3;3-6,12H,1H2,2H3;2-5,13H,1H2;2-5,10-11H,1,6H2;2-4,9-11H,1H2;2*2-5,9-10H,1H2. The fraction of sp³-hybridized carbons (Fsp3) is 0.144. The number of alkyl halides is 23. The van der Waals surface area contributed by atoms with Gasteiger partial charge in [-0.25, -0.2) is 9.59 Å². The van der Waals surface area contributed by atoms with E-state index in [9.17, 15) is 131 Å². The van der Waals surface area contributed by atoms with Gasteiger partial charge in [-0.1, -0.05) is 175 Å². The number of allylic oxidation sites excluding steroid dienone is 3. The molecule has 0 aliphatic rings. The van der Waals surface area contributed by atoms with E-state index < -0.39 is 117 Å². The zero-order chi connectivity index (χ0) is 108. The molecule has 0 fully saturated rings. The highest BCUT2D eigenvalue weighted by Crippen LogP contribution is 2.61. The first-order valence-corrected chi connectivity index (χ1v) is 38.0. The molecule has 0 atom stereocenters. The van der Waals surface area contributed by atoms with Crippen molar-refractivity contribution < 1.29 is 201 Å². The maximum atomic E-state index is 13.7. The first-order valence-electron chi connectivity index (χ1n) is 38.0. The van der Waals surface area contributed by atoms with E-state index in [0.717, 1.165) is 39.9 Å². The van der Waals surface area contributed by atoms with Gasteiger partial charge in [-0.2, -0.15) is 101 Å². The minimum absolute atomic E-state index is 0.0214. The molecule has 754 valence electrons. The highest BCUT2D eigenvalue weighted by molar-refractivity contribution is 5.97. The first kappa shape index (κ1) is 122. The van der Waals surface area contributed by atoms with E-state index in [1.165, 1.54) is 124 Å². The van der Waals surface area contributed by atoms with Crippen LogP contribution < -0.4 is 0 Å². The van der Waals surface area contributed by atoms with Gasteiger partial charge in [0.25, 0.3) is 0 Å². The van der Waals surface area contributed by atoms with Crippen molar-refractivity contribution >= 4 is 77.0 Å². The van der Waals surface area contributed by atoms with E-state index in [1.54, 1.807) is 85.0 Å². The summed E-state index contributed by atoms with van der Waals surface area (Å²) in [7, 11) is 2.53. The third kappa shape index (κ3) is 32.8. The number of hydrogen-bond donors (Lipinski definition) is 15. The molecule has 0 amide bonds. The highest BCUT2D eigenvalue weighted by atomic mass is 19.4. The molecule has 43 heteroatoms. The second kappa shape index (κ2) is 51.6. The second-order valence-electron chi connectivity index (χ2n) is 27.3. The Morgan fingerprint density at radius 2 is 0.586 bits per heavy atom. The van der Waals surface area contributed by atoms with Crippen LogP contribution in [0.3, 0.4) is 0 Å². The van der Waals surface area contributed by atoms with Crippen molar-refractivity contribution in [1.82, 2.24) is 0 Å². The summed E-state index contributed by atoms with van der Waals surface area (Å²) in [5.41, 5.74) is -0.467. The molecule has 0 heterocycles. The number of carbonyl (C=O) groups is 3. The molecule has 0 saturated heterocycles. The van der Waals surface area contributed by atoms with E-state index in [2.05, 4.69) is 75.3 Å². The molecule has 0 aromatic heterocycles. The van der Waals surface area contributed by atoms with Crippen LogP contribution in [0.2, 0.25) is 0 Å². The molecule has 0 saturated carbocycles. The molecule has 140 heavy (non-hydrogen) atoms. The van der Waals surface area contributed by atoms with Crippen molar-refractivity contribution in [3.8, 4) is 80.5 Å². The number of ketones is 1. The van der Waals surface area contributed by atoms with Crippen molar-refractivity contribution in [1.29, 1.82) is 0 Å². The van der Waals surface area contributed by atoms with Gasteiger partial charge in [-0.05, 0) is 178 Å². The third-order valence-corrected chi connectivity index (χ3v) is 17.7. The number of halogens is 23. The minimum Gasteiger partial charge on any atom is -0.508 e. The number of Topliss-reactive ketones (excluding diaryl/α,β-unsaturated/α-hetero) is 1. The molecule has 0 unspecified atom stereocenters. The van der Waals surface area contributed by atoms with Gasteiger partial charge in [0.2, 0.25) is 0 Å². The molecule has 0 aliphatic carbocycles. The molecule has 10 aromatic rings. The number of ether oxygens (including phenoxy) is 2. The predicted molar refractivity (Wildman–Crippen MR) is 477 cm³/mol. The Balaban J connectivity index is 0.000000790. The fourth-order valence-electron chi connectivity index (χ4n) is 9.69. The second-order valence-corrected chi connectivity index (χ2v) is 27.3. The smallest absolute Gasteiger partial charge is 0.460 e. The van der Waals surface area contributed by atoms with E-state index >= 15 is 0 Å². The minimum atomic E-state index is -7.48. The maximum absolute atomic E-state index is 13.7. The Kier molecular flexibility index (Phi) is 44.9. The normalized spacial score (nSPS) is 11.2. The van der Waals surface area contributed by atoms with Gasteiger partial charge < -0.3 is 86.1 Å². The van der Waals surface area contributed by atoms with Crippen LogP contribution in [-0.2, 0) is 16.1 Å². The van der Waals surface area contributed by atoms with Crippen LogP contribution >= 0.6 is 0 Å². The number of esters is 2. The summed E-state index contributed by atoms with van der Waals surface area (Å²) in [6.07, 6.45) is -7.47. The van der Waals surface area contributed by atoms with Crippen LogP contribution in [0.1, 0.15) is 99.2 Å². The van der Waals surface area contributed by atoms with Crippen LogP contribution in [0.5, 0.6) is 80.5 Å². The van der Waals surface area contributed by atoms with E-state index in [-0.39, 0.29) is 92.3 Å². The molecule has 0 spiro atoms. The number of benzene rings is 10. The Labute approximate surface area is 781 Å². The molecule has 0 bridgehead atoms. The summed E-state index contributed by atoms with van der Waals surface area (Å²) >= 11 is 0. The SMILES string of the molecule is C=C(c1ccc(O)cc1)C(F)(F)C(F)(F)C(F)(F)C(F)(F)C(F)(F)F.C=C(c1ccc(O)cc1)C(F)(F)C(F)(F)C(F)(F)C(F)(F)F.C=C(c1ccc(O)cc1)C(F)(F)F.C=Cc1cc(O)c(O)c(O)c1.C=Cc1ccc(C(=O)OC)c(O)c1.C=Cc1ccc(O)c(C(=O)OC)c1.C=Cc1ccc(O)c(C(C)=O)c1.C=Cc1ccc(O)c(CO)c1.C=Cc1ccc(O)c(O)c1.C=Cc1ccc(O)cc1O. The summed E-state index contributed by atoms with van der Waals surface area (Å²) in [4.78, 5) is 33.1. The summed E-state index contributed by atoms with van der Waals surface area (Å²) in [5, 5.41) is 135. The Morgan fingerprint density at radius 3 is 0.914 bits per heavy atom. The van der Waals surface area contributed by atoms with Gasteiger partial charge >= 0.3 is 71.9 Å². The topological polar surface area (TPSA) is 373 Å². The van der Waals surface area contributed by atoms with Crippen LogP contribution in [0, 0.1) is 0 Å². The van der Waals surface area contributed by atoms with Gasteiger partial charge in [0, 0.05) is 28.3 Å². The number of aliphatic hydroxyl groups is 1. The van der Waals surface area contributed by atoms with Gasteiger partial charge in [-0.15, -0.1) is 0 Å². The van der Waals surface area contributed by atoms with Crippen molar-refractivity contribution in [2.45, 2.75) is 73.5 Å². The van der Waals surface area contributed by atoms with E-state index in [4.69, 9.17) is 61.3 Å². The number of aromatic hydroxyl groups is 14. The average Bonchev–Trinajstić information content (AvgIpc) is 0.706. The molecular formula is C97H85F23O20. The van der Waals surface area contributed by atoms with E-state index in [1.807, 2.05) is 0 Å². The largest absolute Gasteiger partial charge is 0.508 e. The lowest BCUT2D eigenvalue weighted by molar-refractivity contribution is -0.415. The first-order chi connectivity index (χ1) is 64.4. The Morgan fingerprint density at radius 1 is 0.286 bits per heavy atom. The van der Waals surface area contributed by atoms with Crippen molar-refractivity contribution in [2.75, 3.05) is 14.2 Å². The lowest BCUT2D eigenvalue weighted by Crippen LogP contribution is -2.66. The summed E-state index contributed by atoms with van der Waals surface area (Å²) in [6.45, 7) is 33.7. The van der Waals surface area contributed by atoms with Gasteiger partial charge in [0.15, 0.2) is 34.5 Å². The number of rotatable bonds is 21. The Bertz CT molecular complexity index is 5970. The van der Waals surface area contributed by atoms with Gasteiger partial charge in [0.05, 0.1) is 32.0 Å².